The maximum absolute atomic E-state index is 10.2. The van der Waals surface area contributed by atoms with Crippen LogP contribution in [0.3, 0.4) is 0 Å². The zero-order valence-electron chi connectivity index (χ0n) is 13.2. The van der Waals surface area contributed by atoms with E-state index in [9.17, 15) is 10.5 Å². The second kappa shape index (κ2) is 5.96. The van der Waals surface area contributed by atoms with Gasteiger partial charge in [0.25, 0.3) is 0 Å². The fourth-order valence-corrected chi connectivity index (χ4v) is 3.75. The molecular formula is C17H18N6O. The lowest BCUT2D eigenvalue weighted by Gasteiger charge is -2.21. The molecular weight excluding hydrogens is 304 g/mol. The summed E-state index contributed by atoms with van der Waals surface area (Å²) in [6.07, 6.45) is 11.8. The van der Waals surface area contributed by atoms with Gasteiger partial charge in [0.05, 0.1) is 24.7 Å². The molecule has 0 saturated heterocycles. The molecule has 1 fully saturated rings. The van der Waals surface area contributed by atoms with Crippen LogP contribution < -0.4 is 0 Å². The number of nitriles is 1. The fraction of sp³-hybridized carbons (Fsp3) is 0.412. The van der Waals surface area contributed by atoms with Crippen LogP contribution in [0.1, 0.15) is 38.1 Å². The first-order valence-electron chi connectivity index (χ1n) is 8.20. The van der Waals surface area contributed by atoms with Crippen molar-refractivity contribution in [2.75, 3.05) is 0 Å². The third kappa shape index (κ3) is 2.40. The molecule has 3 heterocycles. The first kappa shape index (κ1) is 14.7. The van der Waals surface area contributed by atoms with Crippen LogP contribution >= 0.6 is 0 Å². The van der Waals surface area contributed by atoms with Crippen molar-refractivity contribution in [3.05, 3.63) is 31.0 Å². The van der Waals surface area contributed by atoms with Crippen molar-refractivity contribution in [1.29, 1.82) is 5.26 Å². The Morgan fingerprint density at radius 1 is 1.33 bits per heavy atom. The van der Waals surface area contributed by atoms with E-state index in [0.29, 0.717) is 23.9 Å². The van der Waals surface area contributed by atoms with E-state index in [2.05, 4.69) is 21.1 Å². The first-order chi connectivity index (χ1) is 11.8. The first-order valence-corrected chi connectivity index (χ1v) is 8.20. The minimum Gasteiger partial charge on any atom is -0.427 e. The van der Waals surface area contributed by atoms with Gasteiger partial charge in [0.15, 0.2) is 5.82 Å². The van der Waals surface area contributed by atoms with Crippen molar-refractivity contribution in [3.8, 4) is 28.7 Å². The van der Waals surface area contributed by atoms with Crippen LogP contribution in [0, 0.1) is 17.2 Å². The van der Waals surface area contributed by atoms with E-state index >= 15 is 0 Å². The van der Waals surface area contributed by atoms with E-state index in [1.807, 2.05) is 16.9 Å². The third-order valence-corrected chi connectivity index (χ3v) is 4.91. The van der Waals surface area contributed by atoms with Gasteiger partial charge in [-0.25, -0.2) is 9.97 Å². The van der Waals surface area contributed by atoms with E-state index in [-0.39, 0.29) is 6.04 Å². The lowest BCUT2D eigenvalue weighted by molar-refractivity contribution is 0.186. The molecule has 1 N–H and O–H groups in total. The Morgan fingerprint density at radius 2 is 2.17 bits per heavy atom. The van der Waals surface area contributed by atoms with Gasteiger partial charge in [0.2, 0.25) is 0 Å². The highest BCUT2D eigenvalue weighted by Gasteiger charge is 2.27. The van der Waals surface area contributed by atoms with Crippen molar-refractivity contribution < 1.29 is 5.21 Å². The van der Waals surface area contributed by atoms with Gasteiger partial charge in [-0.15, -0.1) is 0 Å². The summed E-state index contributed by atoms with van der Waals surface area (Å²) in [6.45, 7) is 0. The molecule has 1 saturated carbocycles. The zero-order chi connectivity index (χ0) is 16.5. The molecule has 24 heavy (non-hydrogen) atoms. The number of fused-ring (bicyclic) bond motifs is 1. The summed E-state index contributed by atoms with van der Waals surface area (Å²) < 4.78 is 2.89. The predicted molar refractivity (Wildman–Crippen MR) is 86.3 cm³/mol. The summed E-state index contributed by atoms with van der Waals surface area (Å²) in [6, 6.07) is 4.21. The highest BCUT2D eigenvalue weighted by atomic mass is 16.5. The molecule has 1 atom stereocenters. The van der Waals surface area contributed by atoms with Crippen LogP contribution in [0.15, 0.2) is 31.0 Å². The molecule has 0 spiro atoms. The minimum atomic E-state index is 0.0912. The summed E-state index contributed by atoms with van der Waals surface area (Å²) in [5.41, 5.74) is 2.18. The third-order valence-electron chi connectivity index (χ3n) is 4.91. The largest absolute Gasteiger partial charge is 0.427 e. The molecule has 1 aromatic rings. The predicted octanol–water partition coefficient (Wildman–Crippen LogP) is 3.13. The van der Waals surface area contributed by atoms with Gasteiger partial charge in [-0.05, 0) is 24.8 Å². The van der Waals surface area contributed by atoms with E-state index in [1.165, 1.54) is 19.2 Å². The van der Waals surface area contributed by atoms with Gasteiger partial charge in [-0.1, -0.05) is 12.8 Å². The Morgan fingerprint density at radius 3 is 2.96 bits per heavy atom. The van der Waals surface area contributed by atoms with Gasteiger partial charge < -0.3 is 5.21 Å². The van der Waals surface area contributed by atoms with Crippen molar-refractivity contribution in [3.63, 3.8) is 0 Å². The molecule has 122 valence electrons. The van der Waals surface area contributed by atoms with Crippen molar-refractivity contribution in [2.45, 2.75) is 38.1 Å². The summed E-state index contributed by atoms with van der Waals surface area (Å²) in [4.78, 5) is 8.27. The van der Waals surface area contributed by atoms with Crippen LogP contribution in [0.4, 0.5) is 0 Å². The van der Waals surface area contributed by atoms with Crippen LogP contribution in [-0.2, 0) is 0 Å². The van der Waals surface area contributed by atoms with E-state index in [0.717, 1.165) is 28.7 Å². The normalized spacial score (nSPS) is 16.5. The maximum Gasteiger partial charge on any atom is 0.163 e. The fourth-order valence-electron chi connectivity index (χ4n) is 3.75. The van der Waals surface area contributed by atoms with Gasteiger partial charge in [0, 0.05) is 23.5 Å². The Balaban J connectivity index is 1.72. The average Bonchev–Trinajstić information content (AvgIpc) is 3.33. The van der Waals surface area contributed by atoms with Gasteiger partial charge in [0.1, 0.15) is 12.0 Å². The van der Waals surface area contributed by atoms with Crippen LogP contribution in [0.5, 0.6) is 0 Å². The van der Waals surface area contributed by atoms with E-state index in [4.69, 9.17) is 0 Å². The average molecular weight is 322 g/mol. The number of rotatable bonds is 4. The molecule has 1 aliphatic carbocycles. The number of aromatic nitrogens is 5. The summed E-state index contributed by atoms with van der Waals surface area (Å²) in [7, 11) is 0. The zero-order valence-corrected chi connectivity index (χ0v) is 13.2. The highest BCUT2D eigenvalue weighted by molar-refractivity contribution is 5.77. The monoisotopic (exact) mass is 322 g/mol. The summed E-state index contributed by atoms with van der Waals surface area (Å²) in [5, 5.41) is 23.9. The quantitative estimate of drug-likeness (QED) is 0.745. The van der Waals surface area contributed by atoms with E-state index < -0.39 is 0 Å². The van der Waals surface area contributed by atoms with Gasteiger partial charge in [-0.3, -0.25) is 4.68 Å². The second-order valence-electron chi connectivity index (χ2n) is 6.30. The number of hydrogen-bond donors (Lipinski definition) is 1. The minimum absolute atomic E-state index is 0.0912. The molecule has 1 aromatic heterocycles. The van der Waals surface area contributed by atoms with Crippen LogP contribution in [0.25, 0.3) is 22.6 Å². The smallest absolute Gasteiger partial charge is 0.163 e. The molecule has 0 bridgehead atoms. The Bertz CT molecular complexity index is 854. The molecule has 4 rings (SSSR count). The molecule has 3 aliphatic rings. The Hall–Kier alpha value is -2.88. The molecule has 2 aliphatic heterocycles. The lowest BCUT2D eigenvalue weighted by atomic mass is 9.96. The number of nitrogens with zero attached hydrogens (tertiary/aromatic N) is 6. The molecule has 0 aromatic carbocycles. The Kier molecular flexibility index (Phi) is 3.65. The van der Waals surface area contributed by atoms with Gasteiger partial charge in [-0.2, -0.15) is 15.1 Å². The molecule has 0 amide bonds. The molecule has 7 heteroatoms. The molecule has 0 unspecified atom stereocenters. The van der Waals surface area contributed by atoms with Crippen molar-refractivity contribution in [1.82, 2.24) is 24.5 Å². The van der Waals surface area contributed by atoms with Crippen LogP contribution in [0.2, 0.25) is 0 Å². The maximum atomic E-state index is 10.2. The van der Waals surface area contributed by atoms with Crippen molar-refractivity contribution in [2.24, 2.45) is 5.92 Å². The summed E-state index contributed by atoms with van der Waals surface area (Å²) in [5.74, 6) is 1.09. The van der Waals surface area contributed by atoms with E-state index in [1.54, 1.807) is 12.4 Å². The molecule has 0 radical (unpaired) electrons. The second-order valence-corrected chi connectivity index (χ2v) is 6.30. The standard InChI is InChI=1S/C17H18N6O/c18-7-5-15(12-3-1-2-4-12)22-10-13(9-21-22)16-14-6-8-19-17(14)20-11-23(16)24/h6,8-12,15,24H,1-5H2/t15-/m1/s1. The van der Waals surface area contributed by atoms with Crippen molar-refractivity contribution >= 4 is 0 Å². The topological polar surface area (TPSA) is 92.5 Å². The van der Waals surface area contributed by atoms with Crippen LogP contribution in [-0.4, -0.2) is 29.7 Å². The number of hydrogen-bond acceptors (Lipinski definition) is 5. The van der Waals surface area contributed by atoms with Gasteiger partial charge >= 0.3 is 0 Å². The molecule has 7 nitrogen and oxygen atoms in total. The highest BCUT2D eigenvalue weighted by Crippen LogP contribution is 2.37. The Labute approximate surface area is 139 Å². The summed E-state index contributed by atoms with van der Waals surface area (Å²) >= 11 is 0. The SMILES string of the molecule is N#CC[C@H](C1CCCC1)n1cc(-c2c3ccnc-3ncn2O)cn1. The lowest BCUT2D eigenvalue weighted by Crippen LogP contribution is -2.17.